The van der Waals surface area contributed by atoms with Gasteiger partial charge < -0.3 is 15.1 Å². The van der Waals surface area contributed by atoms with Gasteiger partial charge in [0.05, 0.1) is 0 Å². The molecular weight excluding hydrogens is 114 g/mol. The van der Waals surface area contributed by atoms with E-state index in [2.05, 4.69) is 10.2 Å². The quantitative estimate of drug-likeness (QED) is 0.217. The molecular formula is C2H9N3O3. The van der Waals surface area contributed by atoms with Gasteiger partial charge in [-0.2, -0.15) is 11.0 Å². The number of aliphatic hydroxyl groups is 1. The van der Waals surface area contributed by atoms with Gasteiger partial charge in [0.2, 0.25) is 6.41 Å². The first-order chi connectivity index (χ1) is 3.81. The Morgan fingerprint density at radius 2 is 2.25 bits per heavy atom. The normalized spacial score (nSPS) is 13.9. The van der Waals surface area contributed by atoms with Crippen LogP contribution in [0.5, 0.6) is 0 Å². The lowest BCUT2D eigenvalue weighted by Gasteiger charge is -2.08. The lowest BCUT2D eigenvalue weighted by atomic mass is 11.1. The minimum absolute atomic E-state index is 1.13. The fourth-order valence-corrected chi connectivity index (χ4v) is 0.153. The molecule has 0 bridgehead atoms. The van der Waals surface area contributed by atoms with Crippen molar-refractivity contribution >= 4 is 0 Å². The van der Waals surface area contributed by atoms with E-state index in [4.69, 9.17) is 10.3 Å². The third kappa shape index (κ3) is 3.93. The highest BCUT2D eigenvalue weighted by Gasteiger charge is 1.93. The van der Waals surface area contributed by atoms with Crippen molar-refractivity contribution in [1.29, 1.82) is 0 Å². The van der Waals surface area contributed by atoms with Crippen LogP contribution in [0.25, 0.3) is 0 Å². The van der Waals surface area contributed by atoms with Gasteiger partial charge >= 0.3 is 0 Å². The molecule has 0 aromatic rings. The molecule has 0 fully saturated rings. The highest BCUT2D eigenvalue weighted by molar-refractivity contribution is 4.20. The Hall–Kier alpha value is -0.240. The van der Waals surface area contributed by atoms with E-state index in [1.54, 1.807) is 0 Å². The number of aliphatic hydroxyl groups excluding tert-OH is 1. The molecule has 1 unspecified atom stereocenters. The van der Waals surface area contributed by atoms with Gasteiger partial charge in [0.25, 0.3) is 0 Å². The minimum atomic E-state index is -1.13. The highest BCUT2D eigenvalue weighted by Crippen LogP contribution is 1.68. The number of nitrogens with one attached hydrogen (secondary N) is 3. The molecule has 0 radical (unpaired) electrons. The number of hydrazine groups is 2. The second-order valence-electron chi connectivity index (χ2n) is 0.969. The average Bonchev–Trinajstić information content (AvgIpc) is 1.83. The van der Waals surface area contributed by atoms with Crippen LogP contribution < -0.4 is 16.5 Å². The molecule has 0 aliphatic rings. The van der Waals surface area contributed by atoms with Gasteiger partial charge in [0.15, 0.2) is 0 Å². The Bertz CT molecular complexity index is 51.8. The molecule has 8 heavy (non-hydrogen) atoms. The van der Waals surface area contributed by atoms with Gasteiger partial charge in [-0.3, -0.25) is 0 Å². The molecule has 0 saturated heterocycles. The number of hydrogen-bond acceptors (Lipinski definition) is 6. The van der Waals surface area contributed by atoms with Gasteiger partial charge in [-0.05, 0) is 0 Å². The highest BCUT2D eigenvalue weighted by atomic mass is 16.6. The summed E-state index contributed by atoms with van der Waals surface area (Å²) >= 11 is 0. The predicted octanol–water partition coefficient (Wildman–Crippen LogP) is -2.10. The third-order valence-corrected chi connectivity index (χ3v) is 0.475. The molecule has 1 atom stereocenters. The second kappa shape index (κ2) is 4.91. The smallest absolute Gasteiger partial charge is 0.227 e. The van der Waals surface area contributed by atoms with Gasteiger partial charge in [-0.25, -0.2) is 0 Å². The summed E-state index contributed by atoms with van der Waals surface area (Å²) in [6.45, 7) is 0. The summed E-state index contributed by atoms with van der Waals surface area (Å²) in [5.41, 5.74) is 5.62. The van der Waals surface area contributed by atoms with Crippen LogP contribution in [0.1, 0.15) is 0 Å². The molecule has 0 aliphatic heterocycles. The molecule has 0 heterocycles. The number of methoxy groups -OCH3 is 1. The topological polar surface area (TPSA) is 85.8 Å². The zero-order valence-corrected chi connectivity index (χ0v) is 4.38. The average molecular weight is 123 g/mol. The fraction of sp³-hybridized carbons (Fsp3) is 1.00. The van der Waals surface area contributed by atoms with Crippen LogP contribution in [0.15, 0.2) is 0 Å². The summed E-state index contributed by atoms with van der Waals surface area (Å²) in [6, 6.07) is 0. The Balaban J connectivity index is 2.86. The van der Waals surface area contributed by atoms with Crippen LogP contribution in [-0.2, 0) is 4.74 Å². The van der Waals surface area contributed by atoms with Crippen molar-refractivity contribution in [3.63, 3.8) is 0 Å². The molecule has 6 heteroatoms. The van der Waals surface area contributed by atoms with Crippen molar-refractivity contribution in [1.82, 2.24) is 16.5 Å². The first-order valence-electron chi connectivity index (χ1n) is 1.91. The number of hydrogen-bond donors (Lipinski definition) is 5. The zero-order chi connectivity index (χ0) is 6.41. The standard InChI is InChI=1S/C2H9N3O3/c1-8-2(6)3-4-5-7/h2-7H,1H3. The summed E-state index contributed by atoms with van der Waals surface area (Å²) in [5, 5.41) is 16.3. The lowest BCUT2D eigenvalue weighted by Crippen LogP contribution is -2.47. The Labute approximate surface area is 46.4 Å². The summed E-state index contributed by atoms with van der Waals surface area (Å²) in [7, 11) is 1.30. The maximum atomic E-state index is 8.44. The summed E-state index contributed by atoms with van der Waals surface area (Å²) in [4.78, 5) is 0. The van der Waals surface area contributed by atoms with Crippen LogP contribution >= 0.6 is 0 Å². The molecule has 50 valence electrons. The van der Waals surface area contributed by atoms with Crippen molar-refractivity contribution in [2.45, 2.75) is 6.41 Å². The van der Waals surface area contributed by atoms with Crippen molar-refractivity contribution in [3.05, 3.63) is 0 Å². The summed E-state index contributed by atoms with van der Waals surface area (Å²) in [6.07, 6.45) is -1.13. The summed E-state index contributed by atoms with van der Waals surface area (Å²) < 4.78 is 4.28. The Kier molecular flexibility index (Phi) is 4.76. The minimum Gasteiger partial charge on any atom is -0.355 e. The third-order valence-electron chi connectivity index (χ3n) is 0.475. The monoisotopic (exact) mass is 123 g/mol. The molecule has 0 rings (SSSR count). The van der Waals surface area contributed by atoms with E-state index in [9.17, 15) is 0 Å². The molecule has 0 aromatic carbocycles. The van der Waals surface area contributed by atoms with Gasteiger partial charge in [-0.15, -0.1) is 5.59 Å². The van der Waals surface area contributed by atoms with Gasteiger partial charge in [0.1, 0.15) is 0 Å². The summed E-state index contributed by atoms with van der Waals surface area (Å²) in [5.74, 6) is 0. The molecule has 0 spiro atoms. The molecule has 0 saturated carbocycles. The molecule has 0 amide bonds. The first-order valence-corrected chi connectivity index (χ1v) is 1.91. The van der Waals surface area contributed by atoms with Crippen LogP contribution in [0.2, 0.25) is 0 Å². The maximum absolute atomic E-state index is 8.44. The second-order valence-corrected chi connectivity index (χ2v) is 0.969. The van der Waals surface area contributed by atoms with Crippen molar-refractivity contribution in [2.75, 3.05) is 7.11 Å². The van der Waals surface area contributed by atoms with E-state index in [0.717, 1.165) is 0 Å². The van der Waals surface area contributed by atoms with Gasteiger partial charge in [0, 0.05) is 7.11 Å². The van der Waals surface area contributed by atoms with Crippen molar-refractivity contribution in [2.24, 2.45) is 0 Å². The van der Waals surface area contributed by atoms with E-state index >= 15 is 0 Å². The molecule has 0 aromatic heterocycles. The van der Waals surface area contributed by atoms with Crippen molar-refractivity contribution < 1.29 is 15.1 Å². The molecule has 0 aliphatic carbocycles. The van der Waals surface area contributed by atoms with Crippen molar-refractivity contribution in [3.8, 4) is 0 Å². The number of ether oxygens (including phenoxy) is 1. The Morgan fingerprint density at radius 3 is 2.62 bits per heavy atom. The largest absolute Gasteiger partial charge is 0.355 e. The fourth-order valence-electron chi connectivity index (χ4n) is 0.153. The van der Waals surface area contributed by atoms with Crippen LogP contribution in [0.4, 0.5) is 0 Å². The van der Waals surface area contributed by atoms with E-state index in [-0.39, 0.29) is 0 Å². The van der Waals surface area contributed by atoms with Crippen LogP contribution in [-0.4, -0.2) is 23.8 Å². The zero-order valence-electron chi connectivity index (χ0n) is 4.38. The molecule has 6 nitrogen and oxygen atoms in total. The molecule has 5 N–H and O–H groups in total. The predicted molar refractivity (Wildman–Crippen MR) is 24.2 cm³/mol. The Morgan fingerprint density at radius 1 is 1.62 bits per heavy atom. The lowest BCUT2D eigenvalue weighted by molar-refractivity contribution is -0.118. The van der Waals surface area contributed by atoms with E-state index < -0.39 is 6.41 Å². The van der Waals surface area contributed by atoms with Gasteiger partial charge in [-0.1, -0.05) is 0 Å². The van der Waals surface area contributed by atoms with E-state index in [1.165, 1.54) is 12.7 Å². The number of rotatable bonds is 4. The van der Waals surface area contributed by atoms with E-state index in [1.807, 2.05) is 5.53 Å². The SMILES string of the molecule is COC(O)NNNO. The van der Waals surface area contributed by atoms with Crippen LogP contribution in [0, 0.1) is 0 Å². The maximum Gasteiger partial charge on any atom is 0.227 e. The first kappa shape index (κ1) is 7.76. The van der Waals surface area contributed by atoms with E-state index in [0.29, 0.717) is 0 Å². The van der Waals surface area contributed by atoms with Crippen LogP contribution in [0.3, 0.4) is 0 Å².